The van der Waals surface area contributed by atoms with Gasteiger partial charge in [0.25, 0.3) is 0 Å². The Morgan fingerprint density at radius 2 is 1.26 bits per heavy atom. The van der Waals surface area contributed by atoms with E-state index in [4.69, 9.17) is 19.4 Å². The van der Waals surface area contributed by atoms with Crippen molar-refractivity contribution in [1.29, 1.82) is 0 Å². The first-order chi connectivity index (χ1) is 30.0. The molecule has 5 aromatic rings. The number of carbonyl (C=O) groups excluding carboxylic acids is 3. The van der Waals surface area contributed by atoms with Gasteiger partial charge in [0.2, 0.25) is 11.8 Å². The number of fused-ring (bicyclic) bond motifs is 3. The molecular weight excluding hydrogens is 789 g/mol. The van der Waals surface area contributed by atoms with Gasteiger partial charge in [-0.3, -0.25) is 9.59 Å². The number of likely N-dealkylation sites (tertiary alicyclic amines) is 2. The van der Waals surface area contributed by atoms with Crippen LogP contribution >= 0.6 is 0 Å². The second kappa shape index (κ2) is 15.9. The van der Waals surface area contributed by atoms with Gasteiger partial charge >= 0.3 is 12.2 Å². The summed E-state index contributed by atoms with van der Waals surface area (Å²) in [5, 5.41) is 17.1. The van der Waals surface area contributed by atoms with Gasteiger partial charge in [-0.1, -0.05) is 62.4 Å². The lowest BCUT2D eigenvalue weighted by molar-refractivity contribution is -0.138. The number of H-pyrrole nitrogens is 2. The maximum absolute atomic E-state index is 14.1. The van der Waals surface area contributed by atoms with Crippen molar-refractivity contribution in [3.63, 3.8) is 0 Å². The number of nitrogens with one attached hydrogen (secondary N) is 4. The summed E-state index contributed by atoms with van der Waals surface area (Å²) in [7, 11) is 1.30. The highest BCUT2D eigenvalue weighted by Gasteiger charge is 2.57. The topological polar surface area (TPSA) is 195 Å². The number of hydrogen-bond donors (Lipinski definition) is 5. The van der Waals surface area contributed by atoms with Crippen LogP contribution in [0.2, 0.25) is 0 Å². The molecule has 322 valence electrons. The van der Waals surface area contributed by atoms with E-state index in [0.717, 1.165) is 81.7 Å². The first-order valence-corrected chi connectivity index (χ1v) is 21.9. The molecule has 0 radical (unpaired) electrons. The molecule has 5 heterocycles. The molecular formula is C47H52N8O7. The van der Waals surface area contributed by atoms with Gasteiger partial charge in [0.15, 0.2) is 0 Å². The van der Waals surface area contributed by atoms with Crippen LogP contribution in [-0.4, -0.2) is 103 Å². The minimum absolute atomic E-state index is 0.101. The number of aromatic nitrogens is 4. The van der Waals surface area contributed by atoms with Gasteiger partial charge in [-0.25, -0.2) is 19.6 Å². The molecule has 3 aliphatic heterocycles. The van der Waals surface area contributed by atoms with Crippen LogP contribution in [-0.2, 0) is 19.1 Å². The number of imidazole rings is 2. The molecule has 3 saturated heterocycles. The summed E-state index contributed by atoms with van der Waals surface area (Å²) in [4.78, 5) is 72.1. The fraction of sp³-hybridized carbons (Fsp3) is 0.447. The quantitative estimate of drug-likeness (QED) is 0.0926. The van der Waals surface area contributed by atoms with Crippen molar-refractivity contribution in [2.75, 3.05) is 20.3 Å². The van der Waals surface area contributed by atoms with Crippen molar-refractivity contribution in [3.8, 4) is 33.6 Å². The molecule has 15 nitrogen and oxygen atoms in total. The van der Waals surface area contributed by atoms with Crippen LogP contribution in [0, 0.1) is 23.7 Å². The number of alkyl carbamates (subject to hydrolysis) is 1. The molecule has 0 spiro atoms. The molecule has 0 bridgehead atoms. The summed E-state index contributed by atoms with van der Waals surface area (Å²) in [6.45, 7) is 4.89. The fourth-order valence-corrected chi connectivity index (χ4v) is 10.4. The number of hydrogen-bond acceptors (Lipinski definition) is 8. The lowest BCUT2D eigenvalue weighted by Gasteiger charge is -2.35. The molecule has 3 aromatic carbocycles. The van der Waals surface area contributed by atoms with E-state index in [1.807, 2.05) is 36.0 Å². The number of nitrogens with zero attached hydrogens (tertiary/aromatic N) is 4. The van der Waals surface area contributed by atoms with Gasteiger partial charge in [0, 0.05) is 30.9 Å². The van der Waals surface area contributed by atoms with Crippen LogP contribution in [0.4, 0.5) is 9.59 Å². The Kier molecular flexibility index (Phi) is 10.2. The Hall–Kier alpha value is -6.22. The number of ether oxygens (including phenoxy) is 2. The van der Waals surface area contributed by atoms with Crippen molar-refractivity contribution in [3.05, 3.63) is 84.7 Å². The molecule has 2 saturated carbocycles. The number of amides is 4. The van der Waals surface area contributed by atoms with Gasteiger partial charge in [0.1, 0.15) is 23.7 Å². The summed E-state index contributed by atoms with van der Waals surface area (Å²) in [6, 6.07) is 19.5. The Labute approximate surface area is 359 Å². The zero-order valence-corrected chi connectivity index (χ0v) is 35.0. The molecule has 5 aliphatic rings. The van der Waals surface area contributed by atoms with E-state index in [2.05, 4.69) is 81.3 Å². The third-order valence-electron chi connectivity index (χ3n) is 13.9. The van der Waals surface area contributed by atoms with Crippen molar-refractivity contribution >= 4 is 34.8 Å². The molecule has 62 heavy (non-hydrogen) atoms. The molecule has 15 heteroatoms. The Morgan fingerprint density at radius 3 is 1.84 bits per heavy atom. The number of methoxy groups -OCH3 is 1. The van der Waals surface area contributed by atoms with Crippen molar-refractivity contribution in [2.45, 2.75) is 88.6 Å². The lowest BCUT2D eigenvalue weighted by Crippen LogP contribution is -2.53. The number of carbonyl (C=O) groups is 4. The SMILES string of the molecule is COC(=O)NC(C(=O)N1[C@@H]2C[C@@H]2C[C@H]1c1ncc(-c2ccc3cc(-c4ccc(-c5cnc(C6C[C@H]7C[C@H]7N6C(=O)C(NC(=O)O)C6CCOCC6)[nH]5)cc4)ccc3c2)[nH]1)C(C)C. The van der Waals surface area contributed by atoms with Crippen molar-refractivity contribution in [2.24, 2.45) is 23.7 Å². The zero-order valence-electron chi connectivity index (χ0n) is 35.0. The normalized spacial score (nSPS) is 25.0. The highest BCUT2D eigenvalue weighted by Crippen LogP contribution is 2.54. The van der Waals surface area contributed by atoms with Crippen LogP contribution < -0.4 is 10.6 Å². The number of benzene rings is 3. The molecule has 5 fully saturated rings. The van der Waals surface area contributed by atoms with E-state index in [1.54, 1.807) is 0 Å². The molecule has 10 rings (SSSR count). The monoisotopic (exact) mass is 840 g/mol. The van der Waals surface area contributed by atoms with Crippen LogP contribution in [0.15, 0.2) is 73.1 Å². The van der Waals surface area contributed by atoms with Crippen LogP contribution in [0.5, 0.6) is 0 Å². The van der Waals surface area contributed by atoms with Crippen molar-refractivity contribution in [1.82, 2.24) is 40.4 Å². The van der Waals surface area contributed by atoms with Gasteiger partial charge in [-0.15, -0.1) is 0 Å². The third kappa shape index (κ3) is 7.45. The second-order valence-electron chi connectivity index (χ2n) is 18.1. The average molecular weight is 841 g/mol. The average Bonchev–Trinajstić information content (AvgIpc) is 3.87. The van der Waals surface area contributed by atoms with Crippen LogP contribution in [0.25, 0.3) is 44.4 Å². The van der Waals surface area contributed by atoms with E-state index >= 15 is 0 Å². The number of aromatic amines is 2. The standard InChI is InChI=1S/C47H52N8O7/c1-24(2)40(53-47(60)61-3)44(56)54-36-18-32(36)20-38(54)43-49-23-35(51-43)31-11-10-29-16-28(8-9-30(29)17-31)25-4-6-26(7-5-25)34-22-48-42(50-34)39-21-33-19-37(33)55(39)45(57)41(52-46(58)59)27-12-14-62-15-13-27/h4-11,16-17,22-24,27,32-33,36-41,52H,12-15,18-21H2,1-3H3,(H,48,50)(H,49,51)(H,53,60)(H,58,59)/t32-,33-,36-,37-,38+,39?,40?,41?/m1/s1. The van der Waals surface area contributed by atoms with Gasteiger partial charge in [-0.05, 0) is 102 Å². The largest absolute Gasteiger partial charge is 0.465 e. The van der Waals surface area contributed by atoms with Gasteiger partial charge in [-0.2, -0.15) is 0 Å². The maximum Gasteiger partial charge on any atom is 0.407 e. The van der Waals surface area contributed by atoms with E-state index in [-0.39, 0.29) is 47.8 Å². The van der Waals surface area contributed by atoms with E-state index in [1.165, 1.54) is 7.11 Å². The molecule has 5 N–H and O–H groups in total. The molecule has 3 unspecified atom stereocenters. The van der Waals surface area contributed by atoms with E-state index in [9.17, 15) is 24.3 Å². The second-order valence-corrected chi connectivity index (χ2v) is 18.1. The predicted molar refractivity (Wildman–Crippen MR) is 229 cm³/mol. The van der Waals surface area contributed by atoms with E-state index < -0.39 is 24.3 Å². The molecule has 2 aromatic heterocycles. The Balaban J connectivity index is 0.820. The summed E-state index contributed by atoms with van der Waals surface area (Å²) < 4.78 is 10.3. The first-order valence-electron chi connectivity index (χ1n) is 21.9. The summed E-state index contributed by atoms with van der Waals surface area (Å²) in [6.07, 6.45) is 6.70. The Morgan fingerprint density at radius 1 is 0.726 bits per heavy atom. The van der Waals surface area contributed by atoms with Crippen LogP contribution in [0.1, 0.15) is 76.1 Å². The number of rotatable bonds is 11. The smallest absolute Gasteiger partial charge is 0.407 e. The number of piperidine rings is 2. The van der Waals surface area contributed by atoms with Gasteiger partial charge < -0.3 is 45.0 Å². The lowest BCUT2D eigenvalue weighted by atomic mass is 9.90. The summed E-state index contributed by atoms with van der Waals surface area (Å²) >= 11 is 0. The highest BCUT2D eigenvalue weighted by molar-refractivity contribution is 5.91. The maximum atomic E-state index is 14.1. The van der Waals surface area contributed by atoms with Crippen molar-refractivity contribution < 1.29 is 33.8 Å². The third-order valence-corrected chi connectivity index (χ3v) is 13.9. The van der Waals surface area contributed by atoms with Gasteiger partial charge in [0.05, 0.1) is 43.0 Å². The molecule has 2 aliphatic carbocycles. The first kappa shape index (κ1) is 39.9. The van der Waals surface area contributed by atoms with Crippen LogP contribution in [0.3, 0.4) is 0 Å². The molecule has 8 atom stereocenters. The minimum Gasteiger partial charge on any atom is -0.465 e. The zero-order chi connectivity index (χ0) is 42.8. The summed E-state index contributed by atoms with van der Waals surface area (Å²) in [5.41, 5.74) is 5.87. The Bertz CT molecular complexity index is 2530. The summed E-state index contributed by atoms with van der Waals surface area (Å²) in [5.74, 6) is 1.86. The van der Waals surface area contributed by atoms with E-state index in [0.29, 0.717) is 37.9 Å². The minimum atomic E-state index is -1.19. The number of carboxylic acid groups (broad SMARTS) is 1. The molecule has 4 amide bonds. The predicted octanol–water partition coefficient (Wildman–Crippen LogP) is 7.05. The highest BCUT2D eigenvalue weighted by atomic mass is 16.5. The fourth-order valence-electron chi connectivity index (χ4n) is 10.4.